The van der Waals surface area contributed by atoms with Gasteiger partial charge >= 0.3 is 0 Å². The molecule has 0 amide bonds. The molecule has 0 aliphatic heterocycles. The van der Waals surface area contributed by atoms with Crippen molar-refractivity contribution in [3.05, 3.63) is 41.5 Å². The molecular weight excluding hydrogens is 202 g/mol. The lowest BCUT2D eigenvalue weighted by atomic mass is 10.1. The number of hydrogen-bond donors (Lipinski definition) is 1. The van der Waals surface area contributed by atoms with E-state index < -0.39 is 0 Å². The van der Waals surface area contributed by atoms with Crippen LogP contribution in [-0.4, -0.2) is 5.75 Å². The van der Waals surface area contributed by atoms with Gasteiger partial charge in [0.15, 0.2) is 0 Å². The van der Waals surface area contributed by atoms with Crippen molar-refractivity contribution in [1.82, 2.24) is 0 Å². The third kappa shape index (κ3) is 4.54. The predicted molar refractivity (Wildman–Crippen MR) is 69.2 cm³/mol. The van der Waals surface area contributed by atoms with Crippen LogP contribution in [0.3, 0.4) is 0 Å². The van der Waals surface area contributed by atoms with Crippen LogP contribution >= 0.6 is 11.8 Å². The fraction of sp³-hybridized carbons (Fsp3) is 0.385. The van der Waals surface area contributed by atoms with Gasteiger partial charge in [0.25, 0.3) is 0 Å². The minimum atomic E-state index is 0.119. The van der Waals surface area contributed by atoms with E-state index in [-0.39, 0.29) is 6.04 Å². The van der Waals surface area contributed by atoms with Crippen LogP contribution < -0.4 is 5.73 Å². The van der Waals surface area contributed by atoms with Crippen LogP contribution in [-0.2, 0) is 0 Å². The van der Waals surface area contributed by atoms with Crippen molar-refractivity contribution in [3.63, 3.8) is 0 Å². The molecule has 2 N–H and O–H groups in total. The standard InChI is InChI=1S/C13H19NS/c1-10(2)7-8-15-13-6-4-5-12(9-13)11(3)14/h4-7,9,11H,8,14H2,1-3H3. The summed E-state index contributed by atoms with van der Waals surface area (Å²) in [6.45, 7) is 6.26. The van der Waals surface area contributed by atoms with Crippen LogP contribution in [0.2, 0.25) is 0 Å². The lowest BCUT2D eigenvalue weighted by Crippen LogP contribution is -2.04. The Morgan fingerprint density at radius 3 is 2.80 bits per heavy atom. The second-order valence-electron chi connectivity index (χ2n) is 3.95. The van der Waals surface area contributed by atoms with Crippen molar-refractivity contribution in [3.8, 4) is 0 Å². The predicted octanol–water partition coefficient (Wildman–Crippen LogP) is 3.76. The molecule has 0 spiro atoms. The summed E-state index contributed by atoms with van der Waals surface area (Å²) in [5, 5.41) is 0. The Labute approximate surface area is 96.8 Å². The maximum absolute atomic E-state index is 5.84. The van der Waals surface area contributed by atoms with Gasteiger partial charge in [-0.3, -0.25) is 0 Å². The quantitative estimate of drug-likeness (QED) is 0.619. The Morgan fingerprint density at radius 1 is 1.47 bits per heavy atom. The van der Waals surface area contributed by atoms with Gasteiger partial charge in [-0.25, -0.2) is 0 Å². The summed E-state index contributed by atoms with van der Waals surface area (Å²) in [4.78, 5) is 1.29. The third-order valence-corrected chi connectivity index (χ3v) is 3.05. The van der Waals surface area contributed by atoms with Crippen molar-refractivity contribution in [2.45, 2.75) is 31.7 Å². The molecule has 0 aliphatic carbocycles. The van der Waals surface area contributed by atoms with Gasteiger partial charge in [0.1, 0.15) is 0 Å². The summed E-state index contributed by atoms with van der Waals surface area (Å²) < 4.78 is 0. The molecule has 0 aromatic heterocycles. The SMILES string of the molecule is CC(C)=CCSc1cccc(C(C)N)c1. The smallest absolute Gasteiger partial charge is 0.0266 e. The Hall–Kier alpha value is -0.730. The van der Waals surface area contributed by atoms with Crippen molar-refractivity contribution in [2.75, 3.05) is 5.75 Å². The van der Waals surface area contributed by atoms with Crippen LogP contribution in [0.4, 0.5) is 0 Å². The molecule has 15 heavy (non-hydrogen) atoms. The molecule has 82 valence electrons. The van der Waals surface area contributed by atoms with E-state index in [1.165, 1.54) is 16.0 Å². The van der Waals surface area contributed by atoms with Crippen molar-refractivity contribution < 1.29 is 0 Å². The van der Waals surface area contributed by atoms with E-state index >= 15 is 0 Å². The highest BCUT2D eigenvalue weighted by Gasteiger charge is 1.99. The zero-order valence-corrected chi connectivity index (χ0v) is 10.5. The molecule has 1 aromatic rings. The first kappa shape index (κ1) is 12.3. The first-order valence-electron chi connectivity index (χ1n) is 5.21. The minimum Gasteiger partial charge on any atom is -0.324 e. The molecule has 2 heteroatoms. The Morgan fingerprint density at radius 2 is 2.20 bits per heavy atom. The van der Waals surface area contributed by atoms with Gasteiger partial charge in [0.2, 0.25) is 0 Å². The molecule has 0 bridgehead atoms. The van der Waals surface area contributed by atoms with Gasteiger partial charge in [0, 0.05) is 16.7 Å². The lowest BCUT2D eigenvalue weighted by molar-refractivity contribution is 0.815. The number of hydrogen-bond acceptors (Lipinski definition) is 2. The van der Waals surface area contributed by atoms with Crippen molar-refractivity contribution in [1.29, 1.82) is 0 Å². The van der Waals surface area contributed by atoms with Crippen molar-refractivity contribution in [2.24, 2.45) is 5.73 Å². The molecule has 0 aliphatic rings. The van der Waals surface area contributed by atoms with E-state index in [0.717, 1.165) is 5.75 Å². The Bertz CT molecular complexity index is 338. The number of rotatable bonds is 4. The number of benzene rings is 1. The van der Waals surface area contributed by atoms with Crippen LogP contribution in [0.5, 0.6) is 0 Å². The van der Waals surface area contributed by atoms with Gasteiger partial charge in [-0.05, 0) is 38.5 Å². The fourth-order valence-electron chi connectivity index (χ4n) is 1.19. The van der Waals surface area contributed by atoms with E-state index in [1.807, 2.05) is 18.7 Å². The Balaban J connectivity index is 2.62. The van der Waals surface area contributed by atoms with Crippen molar-refractivity contribution >= 4 is 11.8 Å². The van der Waals surface area contributed by atoms with Crippen LogP contribution in [0, 0.1) is 0 Å². The highest BCUT2D eigenvalue weighted by atomic mass is 32.2. The van der Waals surface area contributed by atoms with E-state index in [4.69, 9.17) is 5.73 Å². The topological polar surface area (TPSA) is 26.0 Å². The molecule has 1 rings (SSSR count). The minimum absolute atomic E-state index is 0.119. The summed E-state index contributed by atoms with van der Waals surface area (Å²) in [5.41, 5.74) is 8.41. The molecule has 0 fully saturated rings. The molecule has 0 heterocycles. The van der Waals surface area contributed by atoms with Gasteiger partial charge < -0.3 is 5.73 Å². The second-order valence-corrected chi connectivity index (χ2v) is 5.05. The summed E-state index contributed by atoms with van der Waals surface area (Å²) in [7, 11) is 0. The van der Waals surface area contributed by atoms with E-state index in [0.29, 0.717) is 0 Å². The first-order chi connectivity index (χ1) is 7.09. The number of thioether (sulfide) groups is 1. The molecule has 1 aromatic carbocycles. The molecule has 1 atom stereocenters. The van der Waals surface area contributed by atoms with E-state index in [1.54, 1.807) is 0 Å². The van der Waals surface area contributed by atoms with Gasteiger partial charge in [-0.1, -0.05) is 23.8 Å². The van der Waals surface area contributed by atoms with Crippen LogP contribution in [0.15, 0.2) is 40.8 Å². The van der Waals surface area contributed by atoms with E-state index in [9.17, 15) is 0 Å². The monoisotopic (exact) mass is 221 g/mol. The largest absolute Gasteiger partial charge is 0.324 e. The maximum atomic E-state index is 5.84. The first-order valence-corrected chi connectivity index (χ1v) is 6.20. The average molecular weight is 221 g/mol. The number of allylic oxidation sites excluding steroid dienone is 1. The van der Waals surface area contributed by atoms with Gasteiger partial charge in [-0.2, -0.15) is 0 Å². The normalized spacial score (nSPS) is 12.3. The summed E-state index contributed by atoms with van der Waals surface area (Å²) in [5.74, 6) is 1.03. The van der Waals surface area contributed by atoms with Crippen LogP contribution in [0.25, 0.3) is 0 Å². The van der Waals surface area contributed by atoms with E-state index in [2.05, 4.69) is 44.2 Å². The second kappa shape index (κ2) is 5.99. The molecule has 1 unspecified atom stereocenters. The highest BCUT2D eigenvalue weighted by molar-refractivity contribution is 7.99. The Kier molecular flexibility index (Phi) is 4.92. The maximum Gasteiger partial charge on any atom is 0.0266 e. The fourth-order valence-corrected chi connectivity index (χ4v) is 2.20. The molecule has 1 nitrogen and oxygen atoms in total. The lowest BCUT2D eigenvalue weighted by Gasteiger charge is -2.07. The molecule has 0 saturated carbocycles. The average Bonchev–Trinajstić information content (AvgIpc) is 2.17. The van der Waals surface area contributed by atoms with Crippen LogP contribution in [0.1, 0.15) is 32.4 Å². The highest BCUT2D eigenvalue weighted by Crippen LogP contribution is 2.21. The summed E-state index contributed by atoms with van der Waals surface area (Å²) >= 11 is 1.85. The van der Waals surface area contributed by atoms with Gasteiger partial charge in [0.05, 0.1) is 0 Å². The zero-order valence-electron chi connectivity index (χ0n) is 9.66. The zero-order chi connectivity index (χ0) is 11.3. The molecular formula is C13H19NS. The van der Waals surface area contributed by atoms with Gasteiger partial charge in [-0.15, -0.1) is 11.8 Å². The molecule has 0 saturated heterocycles. The summed E-state index contributed by atoms with van der Waals surface area (Å²) in [6.07, 6.45) is 2.24. The number of nitrogens with two attached hydrogens (primary N) is 1. The third-order valence-electron chi connectivity index (χ3n) is 2.13. The summed E-state index contributed by atoms with van der Waals surface area (Å²) in [6, 6.07) is 8.58. The molecule has 0 radical (unpaired) electrons.